The molecule has 4 rings (SSSR count). The number of hydrogen-bond donors (Lipinski definition) is 0. The van der Waals surface area contributed by atoms with Gasteiger partial charge in [0.25, 0.3) is 5.56 Å². The fourth-order valence-corrected chi connectivity index (χ4v) is 3.92. The van der Waals surface area contributed by atoms with Gasteiger partial charge in [-0.05, 0) is 37.6 Å². The molecule has 0 radical (unpaired) electrons. The van der Waals surface area contributed by atoms with E-state index in [9.17, 15) is 9.59 Å². The first-order chi connectivity index (χ1) is 15.1. The third kappa shape index (κ3) is 4.55. The van der Waals surface area contributed by atoms with Crippen LogP contribution in [0.2, 0.25) is 0 Å². The molecule has 0 unspecified atom stereocenters. The predicted octanol–water partition coefficient (Wildman–Crippen LogP) is 3.17. The zero-order valence-corrected chi connectivity index (χ0v) is 17.9. The summed E-state index contributed by atoms with van der Waals surface area (Å²) in [5, 5.41) is 0.537. The minimum absolute atomic E-state index is 0.00554. The third-order valence-electron chi connectivity index (χ3n) is 5.60. The fraction of sp³-hybridized carbons (Fsp3) is 0.375. The second-order valence-corrected chi connectivity index (χ2v) is 7.73. The summed E-state index contributed by atoms with van der Waals surface area (Å²) < 4.78 is 13.2. The highest BCUT2D eigenvalue weighted by Gasteiger charge is 2.25. The summed E-state index contributed by atoms with van der Waals surface area (Å²) in [5.41, 5.74) is 1.44. The highest BCUT2D eigenvalue weighted by molar-refractivity contribution is 5.81. The van der Waals surface area contributed by atoms with E-state index in [4.69, 9.17) is 9.47 Å². The van der Waals surface area contributed by atoms with Crippen LogP contribution in [-0.4, -0.2) is 46.2 Å². The summed E-state index contributed by atoms with van der Waals surface area (Å²) in [4.78, 5) is 31.7. The molecule has 2 aromatic carbocycles. The second-order valence-electron chi connectivity index (χ2n) is 7.73. The van der Waals surface area contributed by atoms with Crippen LogP contribution in [0, 0.1) is 6.92 Å². The number of hydrogen-bond acceptors (Lipinski definition) is 5. The molecule has 0 saturated carbocycles. The van der Waals surface area contributed by atoms with Crippen LogP contribution in [0.25, 0.3) is 10.9 Å². The third-order valence-corrected chi connectivity index (χ3v) is 5.60. The van der Waals surface area contributed by atoms with E-state index in [1.165, 1.54) is 10.9 Å². The van der Waals surface area contributed by atoms with E-state index in [1.807, 2.05) is 50.2 Å². The van der Waals surface area contributed by atoms with Gasteiger partial charge in [0.2, 0.25) is 5.91 Å². The van der Waals surface area contributed by atoms with Crippen LogP contribution in [0.15, 0.2) is 53.6 Å². The molecule has 1 amide bonds. The molecule has 0 N–H and O–H groups in total. The number of nitrogens with zero attached hydrogens (tertiary/aromatic N) is 3. The maximum absolute atomic E-state index is 12.8. The molecule has 0 aliphatic carbocycles. The van der Waals surface area contributed by atoms with Crippen molar-refractivity contribution in [3.8, 4) is 11.5 Å². The Morgan fingerprint density at radius 1 is 1.10 bits per heavy atom. The van der Waals surface area contributed by atoms with Crippen molar-refractivity contribution in [2.75, 3.05) is 19.7 Å². The van der Waals surface area contributed by atoms with Crippen molar-refractivity contribution in [3.63, 3.8) is 0 Å². The quantitative estimate of drug-likeness (QED) is 0.611. The second kappa shape index (κ2) is 9.20. The van der Waals surface area contributed by atoms with Gasteiger partial charge < -0.3 is 14.4 Å². The van der Waals surface area contributed by atoms with Crippen LogP contribution in [0.1, 0.15) is 25.3 Å². The first-order valence-corrected chi connectivity index (χ1v) is 10.7. The van der Waals surface area contributed by atoms with Crippen LogP contribution < -0.4 is 15.0 Å². The molecule has 1 aliphatic heterocycles. The average molecular weight is 421 g/mol. The van der Waals surface area contributed by atoms with E-state index in [0.29, 0.717) is 30.6 Å². The molecule has 162 valence electrons. The molecule has 0 bridgehead atoms. The Hall–Kier alpha value is -3.35. The lowest BCUT2D eigenvalue weighted by Crippen LogP contribution is -2.44. The Balaban J connectivity index is 1.37. The molecule has 7 nitrogen and oxygen atoms in total. The van der Waals surface area contributed by atoms with Crippen molar-refractivity contribution >= 4 is 16.8 Å². The SMILES string of the molecule is CCOc1ccccc1OC1CCN(C(=O)Cn2cnc3c(C)cccc3c2=O)CC1. The molecule has 3 aromatic rings. The summed E-state index contributed by atoms with van der Waals surface area (Å²) in [7, 11) is 0. The van der Waals surface area contributed by atoms with Crippen LogP contribution in [-0.2, 0) is 11.3 Å². The van der Waals surface area contributed by atoms with Crippen LogP contribution >= 0.6 is 0 Å². The normalized spacial score (nSPS) is 14.6. The molecule has 1 aliphatic rings. The molecule has 1 fully saturated rings. The van der Waals surface area contributed by atoms with E-state index in [-0.39, 0.29) is 24.1 Å². The van der Waals surface area contributed by atoms with Gasteiger partial charge in [-0.15, -0.1) is 0 Å². The number of carbonyl (C=O) groups excluding carboxylic acids is 1. The number of fused-ring (bicyclic) bond motifs is 1. The summed E-state index contributed by atoms with van der Waals surface area (Å²) >= 11 is 0. The largest absolute Gasteiger partial charge is 0.490 e. The molecular weight excluding hydrogens is 394 g/mol. The Morgan fingerprint density at radius 3 is 2.58 bits per heavy atom. The number of aryl methyl sites for hydroxylation is 1. The average Bonchev–Trinajstić information content (AvgIpc) is 2.78. The molecule has 7 heteroatoms. The van der Waals surface area contributed by atoms with Gasteiger partial charge in [0.05, 0.1) is 23.8 Å². The molecular formula is C24H27N3O4. The van der Waals surface area contributed by atoms with Gasteiger partial charge in [-0.2, -0.15) is 0 Å². The van der Waals surface area contributed by atoms with Gasteiger partial charge >= 0.3 is 0 Å². The summed E-state index contributed by atoms with van der Waals surface area (Å²) in [6, 6.07) is 13.2. The maximum atomic E-state index is 12.8. The fourth-order valence-electron chi connectivity index (χ4n) is 3.92. The zero-order valence-electron chi connectivity index (χ0n) is 17.9. The highest BCUT2D eigenvalue weighted by atomic mass is 16.5. The van der Waals surface area contributed by atoms with Crippen molar-refractivity contribution in [2.24, 2.45) is 0 Å². The monoisotopic (exact) mass is 421 g/mol. The van der Waals surface area contributed by atoms with Gasteiger partial charge in [0, 0.05) is 25.9 Å². The molecule has 1 saturated heterocycles. The van der Waals surface area contributed by atoms with E-state index < -0.39 is 0 Å². The molecule has 0 atom stereocenters. The topological polar surface area (TPSA) is 73.7 Å². The van der Waals surface area contributed by atoms with E-state index in [1.54, 1.807) is 11.0 Å². The first kappa shape index (κ1) is 20.9. The Kier molecular flexibility index (Phi) is 6.21. The number of ether oxygens (including phenoxy) is 2. The lowest BCUT2D eigenvalue weighted by molar-refractivity contribution is -0.133. The van der Waals surface area contributed by atoms with Crippen molar-refractivity contribution in [2.45, 2.75) is 39.3 Å². The maximum Gasteiger partial charge on any atom is 0.261 e. The van der Waals surface area contributed by atoms with Crippen molar-refractivity contribution < 1.29 is 14.3 Å². The summed E-state index contributed by atoms with van der Waals surface area (Å²) in [6.07, 6.45) is 2.96. The lowest BCUT2D eigenvalue weighted by Gasteiger charge is -2.32. The number of piperidine rings is 1. The summed E-state index contributed by atoms with van der Waals surface area (Å²) in [5.74, 6) is 1.39. The zero-order chi connectivity index (χ0) is 21.8. The molecule has 2 heterocycles. The Labute approximate surface area is 181 Å². The first-order valence-electron chi connectivity index (χ1n) is 10.7. The number of benzene rings is 2. The van der Waals surface area contributed by atoms with E-state index in [0.717, 1.165) is 29.9 Å². The summed E-state index contributed by atoms with van der Waals surface area (Å²) in [6.45, 7) is 5.62. The van der Waals surface area contributed by atoms with Gasteiger partial charge in [-0.25, -0.2) is 4.98 Å². The smallest absolute Gasteiger partial charge is 0.261 e. The van der Waals surface area contributed by atoms with Crippen molar-refractivity contribution in [3.05, 3.63) is 64.7 Å². The van der Waals surface area contributed by atoms with Crippen LogP contribution in [0.3, 0.4) is 0 Å². The number of carbonyl (C=O) groups is 1. The standard InChI is InChI=1S/C24H27N3O4/c1-3-30-20-9-4-5-10-21(20)31-18-11-13-26(14-12-18)22(28)15-27-16-25-23-17(2)7-6-8-19(23)24(27)29/h4-10,16,18H,3,11-15H2,1-2H3. The minimum atomic E-state index is -0.187. The molecule has 31 heavy (non-hydrogen) atoms. The molecule has 0 spiro atoms. The van der Waals surface area contributed by atoms with Gasteiger partial charge in [0.1, 0.15) is 12.6 Å². The van der Waals surface area contributed by atoms with Gasteiger partial charge in [-0.3, -0.25) is 14.2 Å². The Bertz CT molecular complexity index is 1130. The van der Waals surface area contributed by atoms with Crippen molar-refractivity contribution in [1.82, 2.24) is 14.5 Å². The number of aromatic nitrogens is 2. The predicted molar refractivity (Wildman–Crippen MR) is 119 cm³/mol. The van der Waals surface area contributed by atoms with E-state index >= 15 is 0 Å². The Morgan fingerprint density at radius 2 is 1.84 bits per heavy atom. The minimum Gasteiger partial charge on any atom is -0.490 e. The molecule has 1 aromatic heterocycles. The van der Waals surface area contributed by atoms with E-state index in [2.05, 4.69) is 4.98 Å². The lowest BCUT2D eigenvalue weighted by atomic mass is 10.1. The van der Waals surface area contributed by atoms with Crippen LogP contribution in [0.4, 0.5) is 0 Å². The number of para-hydroxylation sites is 3. The highest BCUT2D eigenvalue weighted by Crippen LogP contribution is 2.29. The van der Waals surface area contributed by atoms with Crippen molar-refractivity contribution in [1.29, 1.82) is 0 Å². The van der Waals surface area contributed by atoms with Gasteiger partial charge in [0.15, 0.2) is 11.5 Å². The number of rotatable bonds is 6. The van der Waals surface area contributed by atoms with Gasteiger partial charge in [-0.1, -0.05) is 24.3 Å². The number of likely N-dealkylation sites (tertiary alicyclic amines) is 1. The number of amides is 1. The van der Waals surface area contributed by atoms with Crippen LogP contribution in [0.5, 0.6) is 11.5 Å².